The van der Waals surface area contributed by atoms with Crippen LogP contribution in [-0.4, -0.2) is 32.8 Å². The first-order valence-corrected chi connectivity index (χ1v) is 4.81. The molecular weight excluding hydrogens is 166 g/mol. The molecule has 0 saturated heterocycles. The maximum atomic E-state index is 11.0. The molecule has 0 aromatic carbocycles. The van der Waals surface area contributed by atoms with Crippen molar-refractivity contribution in [2.45, 2.75) is 18.6 Å². The molecule has 0 radical (unpaired) electrons. The summed E-state index contributed by atoms with van der Waals surface area (Å²) in [5.41, 5.74) is 5.16. The van der Waals surface area contributed by atoms with Gasteiger partial charge in [0.05, 0.1) is 0 Å². The molecule has 3 N–H and O–H groups in total. The molecule has 2 atom stereocenters. The second kappa shape index (κ2) is 5.26. The van der Waals surface area contributed by atoms with Gasteiger partial charge in [0.1, 0.15) is 5.25 Å². The maximum Gasteiger partial charge on any atom is 0.319 e. The average molecular weight is 179 g/mol. The summed E-state index contributed by atoms with van der Waals surface area (Å²) in [6, 6.07) is 0. The van der Waals surface area contributed by atoms with Crippen molar-refractivity contribution >= 4 is 16.8 Å². The molecular formula is C6H13NO3S. The Morgan fingerprint density at radius 1 is 1.73 bits per heavy atom. The average Bonchev–Trinajstić information content (AvgIpc) is 1.98. The van der Waals surface area contributed by atoms with E-state index < -0.39 is 22.0 Å². The third kappa shape index (κ3) is 3.48. The first-order chi connectivity index (χ1) is 5.13. The van der Waals surface area contributed by atoms with E-state index in [-0.39, 0.29) is 13.0 Å². The van der Waals surface area contributed by atoms with Crippen LogP contribution >= 0.6 is 0 Å². The molecule has 0 heterocycles. The van der Waals surface area contributed by atoms with Crippen LogP contribution in [0.4, 0.5) is 0 Å². The lowest BCUT2D eigenvalue weighted by Gasteiger charge is -2.08. The van der Waals surface area contributed by atoms with E-state index in [1.54, 1.807) is 6.92 Å². The Morgan fingerprint density at radius 2 is 2.27 bits per heavy atom. The van der Waals surface area contributed by atoms with Crippen molar-refractivity contribution in [3.8, 4) is 0 Å². The molecule has 0 amide bonds. The van der Waals surface area contributed by atoms with Gasteiger partial charge in [0.15, 0.2) is 0 Å². The molecule has 2 unspecified atom stereocenters. The number of hydrogen-bond donors (Lipinski definition) is 2. The maximum absolute atomic E-state index is 11.0. The van der Waals surface area contributed by atoms with Crippen LogP contribution in [0.2, 0.25) is 0 Å². The third-order valence-electron chi connectivity index (χ3n) is 1.31. The number of rotatable bonds is 5. The molecule has 0 aliphatic carbocycles. The highest BCUT2D eigenvalue weighted by atomic mass is 32.2. The number of hydrogen-bond acceptors (Lipinski definition) is 3. The predicted molar refractivity (Wildman–Crippen MR) is 43.8 cm³/mol. The SMILES string of the molecule is CCS(=O)C(CCN)C(=O)O. The van der Waals surface area contributed by atoms with Crippen molar-refractivity contribution in [3.63, 3.8) is 0 Å². The van der Waals surface area contributed by atoms with Gasteiger partial charge in [0.25, 0.3) is 0 Å². The van der Waals surface area contributed by atoms with E-state index in [1.807, 2.05) is 0 Å². The largest absolute Gasteiger partial charge is 0.480 e. The van der Waals surface area contributed by atoms with Crippen LogP contribution in [0, 0.1) is 0 Å². The van der Waals surface area contributed by atoms with Gasteiger partial charge in [0.2, 0.25) is 0 Å². The first-order valence-electron chi connectivity index (χ1n) is 3.43. The zero-order chi connectivity index (χ0) is 8.85. The summed E-state index contributed by atoms with van der Waals surface area (Å²) in [4.78, 5) is 10.4. The Morgan fingerprint density at radius 3 is 2.55 bits per heavy atom. The zero-order valence-corrected chi connectivity index (χ0v) is 7.26. The third-order valence-corrected chi connectivity index (χ3v) is 2.95. The molecule has 0 fully saturated rings. The number of aliphatic carboxylic acids is 1. The van der Waals surface area contributed by atoms with Gasteiger partial charge in [-0.15, -0.1) is 0 Å². The topological polar surface area (TPSA) is 80.4 Å². The van der Waals surface area contributed by atoms with Crippen LogP contribution in [0.5, 0.6) is 0 Å². The summed E-state index contributed by atoms with van der Waals surface area (Å²) in [5.74, 6) is -0.646. The summed E-state index contributed by atoms with van der Waals surface area (Å²) in [6.45, 7) is 1.96. The van der Waals surface area contributed by atoms with Crippen molar-refractivity contribution in [2.75, 3.05) is 12.3 Å². The molecule has 11 heavy (non-hydrogen) atoms. The molecule has 0 rings (SSSR count). The summed E-state index contributed by atoms with van der Waals surface area (Å²) in [5, 5.41) is 7.77. The Bertz CT molecular complexity index is 160. The molecule has 4 nitrogen and oxygen atoms in total. The van der Waals surface area contributed by atoms with Gasteiger partial charge in [0, 0.05) is 16.6 Å². The van der Waals surface area contributed by atoms with Gasteiger partial charge in [-0.3, -0.25) is 9.00 Å². The van der Waals surface area contributed by atoms with Gasteiger partial charge in [-0.25, -0.2) is 0 Å². The van der Waals surface area contributed by atoms with Gasteiger partial charge < -0.3 is 10.8 Å². The number of carbonyl (C=O) groups is 1. The highest BCUT2D eigenvalue weighted by Gasteiger charge is 2.21. The van der Waals surface area contributed by atoms with Gasteiger partial charge in [-0.1, -0.05) is 6.92 Å². The van der Waals surface area contributed by atoms with E-state index in [2.05, 4.69) is 0 Å². The fourth-order valence-corrected chi connectivity index (χ4v) is 1.75. The molecule has 0 spiro atoms. The molecule has 0 aromatic heterocycles. The van der Waals surface area contributed by atoms with Crippen molar-refractivity contribution < 1.29 is 14.1 Å². The van der Waals surface area contributed by atoms with Gasteiger partial charge in [-0.05, 0) is 13.0 Å². The lowest BCUT2D eigenvalue weighted by Crippen LogP contribution is -2.29. The molecule has 0 aliphatic heterocycles. The van der Waals surface area contributed by atoms with E-state index >= 15 is 0 Å². The number of carboxylic acids is 1. The fourth-order valence-electron chi connectivity index (χ4n) is 0.720. The molecule has 5 heteroatoms. The second-order valence-electron chi connectivity index (χ2n) is 2.07. The van der Waals surface area contributed by atoms with Crippen LogP contribution in [-0.2, 0) is 15.6 Å². The molecule has 0 aliphatic rings. The van der Waals surface area contributed by atoms with Crippen LogP contribution in [0.3, 0.4) is 0 Å². The summed E-state index contributed by atoms with van der Waals surface area (Å²) in [7, 11) is -1.27. The van der Waals surface area contributed by atoms with E-state index in [4.69, 9.17) is 10.8 Å². The van der Waals surface area contributed by atoms with E-state index in [0.717, 1.165) is 0 Å². The minimum Gasteiger partial charge on any atom is -0.480 e. The Hall–Kier alpha value is -0.420. The minimum atomic E-state index is -1.27. The van der Waals surface area contributed by atoms with Crippen molar-refractivity contribution in [1.82, 2.24) is 0 Å². The van der Waals surface area contributed by atoms with Gasteiger partial charge in [-0.2, -0.15) is 0 Å². The normalized spacial score (nSPS) is 15.8. The Balaban J connectivity index is 4.09. The van der Waals surface area contributed by atoms with E-state index in [1.165, 1.54) is 0 Å². The molecule has 0 bridgehead atoms. The molecule has 0 saturated carbocycles. The van der Waals surface area contributed by atoms with Crippen LogP contribution < -0.4 is 5.73 Å². The van der Waals surface area contributed by atoms with Gasteiger partial charge >= 0.3 is 5.97 Å². The number of nitrogens with two attached hydrogens (primary N) is 1. The monoisotopic (exact) mass is 179 g/mol. The lowest BCUT2D eigenvalue weighted by atomic mass is 10.3. The van der Waals surface area contributed by atoms with Crippen LogP contribution in [0.25, 0.3) is 0 Å². The Labute approximate surface area is 68.2 Å². The van der Waals surface area contributed by atoms with Crippen molar-refractivity contribution in [1.29, 1.82) is 0 Å². The smallest absolute Gasteiger partial charge is 0.319 e. The molecule has 0 aromatic rings. The highest BCUT2D eigenvalue weighted by Crippen LogP contribution is 2.01. The molecule has 66 valence electrons. The summed E-state index contributed by atoms with van der Waals surface area (Å²) >= 11 is 0. The standard InChI is InChI=1S/C6H13NO3S/c1-2-11(10)5(3-4-7)6(8)9/h5H,2-4,7H2,1H3,(H,8,9). The number of carboxylic acid groups (broad SMARTS) is 1. The summed E-state index contributed by atoms with van der Waals surface area (Å²) in [6.07, 6.45) is 0.287. The van der Waals surface area contributed by atoms with E-state index in [0.29, 0.717) is 5.75 Å². The first kappa shape index (κ1) is 10.6. The van der Waals surface area contributed by atoms with Crippen LogP contribution in [0.1, 0.15) is 13.3 Å². The second-order valence-corrected chi connectivity index (χ2v) is 3.98. The predicted octanol–water partition coefficient (Wildman–Crippen LogP) is -0.443. The Kier molecular flexibility index (Phi) is 5.06. The fraction of sp³-hybridized carbons (Fsp3) is 0.833. The quantitative estimate of drug-likeness (QED) is 0.599. The lowest BCUT2D eigenvalue weighted by molar-refractivity contribution is -0.136. The van der Waals surface area contributed by atoms with Crippen LogP contribution in [0.15, 0.2) is 0 Å². The van der Waals surface area contributed by atoms with Crippen molar-refractivity contribution in [3.05, 3.63) is 0 Å². The highest BCUT2D eigenvalue weighted by molar-refractivity contribution is 7.86. The van der Waals surface area contributed by atoms with Crippen molar-refractivity contribution in [2.24, 2.45) is 5.73 Å². The minimum absolute atomic E-state index is 0.267. The van der Waals surface area contributed by atoms with E-state index in [9.17, 15) is 9.00 Å². The summed E-state index contributed by atoms with van der Waals surface area (Å²) < 4.78 is 11.0. The zero-order valence-electron chi connectivity index (χ0n) is 6.45.